The summed E-state index contributed by atoms with van der Waals surface area (Å²) in [7, 11) is 1.66. The van der Waals surface area contributed by atoms with Crippen molar-refractivity contribution in [3.63, 3.8) is 0 Å². The Morgan fingerprint density at radius 1 is 1.15 bits per heavy atom. The molecule has 2 aliphatic heterocycles. The topological polar surface area (TPSA) is 92.2 Å². The van der Waals surface area contributed by atoms with Gasteiger partial charge in [0.05, 0.1) is 32.5 Å². The van der Waals surface area contributed by atoms with Crippen molar-refractivity contribution >= 4 is 5.95 Å². The molecule has 2 fully saturated rings. The predicted octanol–water partition coefficient (Wildman–Crippen LogP) is 1.32. The van der Waals surface area contributed by atoms with E-state index < -0.39 is 5.60 Å². The zero-order valence-corrected chi connectivity index (χ0v) is 19.4. The lowest BCUT2D eigenvalue weighted by Crippen LogP contribution is -2.53. The van der Waals surface area contributed by atoms with Crippen LogP contribution in [0.4, 0.5) is 5.95 Å². The monoisotopic (exact) mass is 457 g/mol. The van der Waals surface area contributed by atoms with Crippen LogP contribution in [0.25, 0.3) is 0 Å². The molecule has 3 heterocycles. The van der Waals surface area contributed by atoms with E-state index in [0.717, 1.165) is 69.3 Å². The first-order valence-corrected chi connectivity index (χ1v) is 11.7. The van der Waals surface area contributed by atoms with Crippen LogP contribution in [0.15, 0.2) is 36.7 Å². The van der Waals surface area contributed by atoms with Crippen molar-refractivity contribution in [1.82, 2.24) is 20.2 Å². The van der Waals surface area contributed by atoms with E-state index in [1.807, 2.05) is 18.2 Å². The molecular weight excluding hydrogens is 422 g/mol. The van der Waals surface area contributed by atoms with Crippen molar-refractivity contribution in [3.8, 4) is 11.5 Å². The van der Waals surface area contributed by atoms with Crippen LogP contribution in [0.5, 0.6) is 11.5 Å². The highest BCUT2D eigenvalue weighted by Gasteiger charge is 2.33. The highest BCUT2D eigenvalue weighted by Crippen LogP contribution is 2.28. The van der Waals surface area contributed by atoms with Crippen LogP contribution < -0.4 is 19.7 Å². The fourth-order valence-corrected chi connectivity index (χ4v) is 4.37. The number of nitrogens with one attached hydrogen (secondary N) is 1. The van der Waals surface area contributed by atoms with Crippen molar-refractivity contribution in [1.29, 1.82) is 0 Å². The smallest absolute Gasteiger partial charge is 0.225 e. The summed E-state index contributed by atoms with van der Waals surface area (Å²) in [6.45, 7) is 7.48. The minimum absolute atomic E-state index is 0.496. The van der Waals surface area contributed by atoms with Gasteiger partial charge in [0.1, 0.15) is 6.61 Å². The van der Waals surface area contributed by atoms with Crippen molar-refractivity contribution < 1.29 is 19.3 Å². The summed E-state index contributed by atoms with van der Waals surface area (Å²) >= 11 is 0. The summed E-state index contributed by atoms with van der Waals surface area (Å²) in [4.78, 5) is 13.0. The number of aromatic nitrogens is 2. The highest BCUT2D eigenvalue weighted by molar-refractivity contribution is 5.43. The van der Waals surface area contributed by atoms with Gasteiger partial charge in [-0.25, -0.2) is 9.97 Å². The molecule has 1 aromatic carbocycles. The zero-order chi connectivity index (χ0) is 22.9. The molecule has 0 radical (unpaired) electrons. The molecule has 1 unspecified atom stereocenters. The molecule has 2 N–H and O–H groups in total. The van der Waals surface area contributed by atoms with Gasteiger partial charge in [-0.15, -0.1) is 0 Å². The molecule has 0 amide bonds. The number of nitrogens with zero attached hydrogens (tertiary/aromatic N) is 4. The molecule has 0 bridgehead atoms. The third-order valence-electron chi connectivity index (χ3n) is 6.17. The minimum Gasteiger partial charge on any atom is -0.493 e. The van der Waals surface area contributed by atoms with Gasteiger partial charge < -0.3 is 29.5 Å². The first-order chi connectivity index (χ1) is 16.1. The third kappa shape index (κ3) is 6.77. The number of benzene rings is 1. The number of hydrogen-bond acceptors (Lipinski definition) is 9. The number of morpholine rings is 1. The third-order valence-corrected chi connectivity index (χ3v) is 6.17. The highest BCUT2D eigenvalue weighted by atomic mass is 16.5. The molecule has 180 valence electrons. The molecule has 9 heteroatoms. The van der Waals surface area contributed by atoms with E-state index in [0.29, 0.717) is 32.2 Å². The molecule has 2 saturated heterocycles. The maximum absolute atomic E-state index is 11.1. The number of ether oxygens (including phenoxy) is 3. The molecule has 2 aliphatic rings. The Hall–Kier alpha value is -2.46. The quantitative estimate of drug-likeness (QED) is 0.548. The second-order valence-corrected chi connectivity index (χ2v) is 8.69. The van der Waals surface area contributed by atoms with Gasteiger partial charge in [0.25, 0.3) is 0 Å². The number of methoxy groups -OCH3 is 1. The minimum atomic E-state index is -0.815. The number of aliphatic hydroxyl groups is 1. The predicted molar refractivity (Wildman–Crippen MR) is 126 cm³/mol. The van der Waals surface area contributed by atoms with Crippen LogP contribution in [-0.4, -0.2) is 91.8 Å². The van der Waals surface area contributed by atoms with Crippen LogP contribution in [-0.2, 0) is 11.3 Å². The van der Waals surface area contributed by atoms with E-state index in [4.69, 9.17) is 14.2 Å². The Labute approximate surface area is 195 Å². The lowest BCUT2D eigenvalue weighted by Gasteiger charge is -2.39. The van der Waals surface area contributed by atoms with Gasteiger partial charge in [-0.05, 0) is 36.6 Å². The van der Waals surface area contributed by atoms with Gasteiger partial charge >= 0.3 is 0 Å². The van der Waals surface area contributed by atoms with Crippen LogP contribution in [0.3, 0.4) is 0 Å². The normalized spacial score (nSPS) is 21.7. The van der Waals surface area contributed by atoms with Crippen molar-refractivity contribution in [2.75, 3.05) is 71.1 Å². The fraction of sp³-hybridized carbons (Fsp3) is 0.583. The summed E-state index contributed by atoms with van der Waals surface area (Å²) in [6.07, 6.45) is 5.12. The molecule has 4 rings (SSSR count). The fourth-order valence-electron chi connectivity index (χ4n) is 4.37. The Kier molecular flexibility index (Phi) is 8.33. The molecule has 0 aliphatic carbocycles. The lowest BCUT2D eigenvalue weighted by atomic mass is 9.93. The molecule has 1 aromatic heterocycles. The van der Waals surface area contributed by atoms with Crippen LogP contribution in [0, 0.1) is 0 Å². The maximum Gasteiger partial charge on any atom is 0.225 e. The first kappa shape index (κ1) is 23.7. The van der Waals surface area contributed by atoms with Crippen LogP contribution >= 0.6 is 0 Å². The maximum atomic E-state index is 11.1. The summed E-state index contributed by atoms with van der Waals surface area (Å²) in [5.74, 6) is 2.14. The Balaban J connectivity index is 1.25. The van der Waals surface area contributed by atoms with E-state index in [1.165, 1.54) is 0 Å². The molecule has 33 heavy (non-hydrogen) atoms. The van der Waals surface area contributed by atoms with Crippen LogP contribution in [0.2, 0.25) is 0 Å². The molecule has 0 saturated carbocycles. The van der Waals surface area contributed by atoms with Gasteiger partial charge in [0.15, 0.2) is 11.5 Å². The summed E-state index contributed by atoms with van der Waals surface area (Å²) in [5.41, 5.74) is 0.263. The number of β-amino-alcohol motifs (C(OH)–C–C–N with tert-alkyl or cyclic N) is 1. The average Bonchev–Trinajstić information content (AvgIpc) is 2.86. The summed E-state index contributed by atoms with van der Waals surface area (Å²) in [5, 5.41) is 14.5. The van der Waals surface area contributed by atoms with Gasteiger partial charge in [-0.1, -0.05) is 6.07 Å². The molecule has 0 spiro atoms. The summed E-state index contributed by atoms with van der Waals surface area (Å²) in [6, 6.07) is 7.79. The van der Waals surface area contributed by atoms with Crippen molar-refractivity contribution in [3.05, 3.63) is 42.2 Å². The number of anilines is 1. The van der Waals surface area contributed by atoms with Crippen LogP contribution in [0.1, 0.15) is 18.4 Å². The van der Waals surface area contributed by atoms with E-state index >= 15 is 0 Å². The molecule has 1 atom stereocenters. The molecular formula is C24H35N5O4. The summed E-state index contributed by atoms with van der Waals surface area (Å²) < 4.78 is 16.9. The number of hydrogen-bond donors (Lipinski definition) is 2. The van der Waals surface area contributed by atoms with E-state index in [-0.39, 0.29) is 0 Å². The Morgan fingerprint density at radius 3 is 2.76 bits per heavy atom. The molecule has 9 nitrogen and oxygen atoms in total. The van der Waals surface area contributed by atoms with E-state index in [9.17, 15) is 5.11 Å². The van der Waals surface area contributed by atoms with Gasteiger partial charge in [0.2, 0.25) is 5.95 Å². The van der Waals surface area contributed by atoms with E-state index in [2.05, 4.69) is 25.1 Å². The standard InChI is InChI=1S/C24H35N5O4/c1-31-22-16-20(4-5-21(22)33-15-12-28-10-13-32-14-11-28)17-25-18-24(30)6-2-9-29(19-24)23-26-7-3-8-27-23/h3-5,7-8,16,25,30H,2,6,9-15,17-19H2,1H3. The van der Waals surface area contributed by atoms with Gasteiger partial charge in [-0.3, -0.25) is 4.90 Å². The van der Waals surface area contributed by atoms with Crippen molar-refractivity contribution in [2.45, 2.75) is 25.0 Å². The SMILES string of the molecule is COc1cc(CNCC2(O)CCCN(c3ncccn3)C2)ccc1OCCN1CCOCC1. The van der Waals surface area contributed by atoms with E-state index in [1.54, 1.807) is 25.6 Å². The zero-order valence-electron chi connectivity index (χ0n) is 19.4. The molecule has 2 aromatic rings. The lowest BCUT2D eigenvalue weighted by molar-refractivity contribution is 0.0256. The first-order valence-electron chi connectivity index (χ1n) is 11.7. The number of piperidine rings is 1. The second-order valence-electron chi connectivity index (χ2n) is 8.69. The second kappa shape index (κ2) is 11.6. The Bertz CT molecular complexity index is 865. The van der Waals surface area contributed by atoms with Gasteiger partial charge in [0, 0.05) is 51.7 Å². The Morgan fingerprint density at radius 2 is 1.97 bits per heavy atom. The number of rotatable bonds is 10. The van der Waals surface area contributed by atoms with Gasteiger partial charge in [-0.2, -0.15) is 0 Å². The average molecular weight is 458 g/mol. The van der Waals surface area contributed by atoms with Crippen molar-refractivity contribution in [2.24, 2.45) is 0 Å². The largest absolute Gasteiger partial charge is 0.493 e.